The van der Waals surface area contributed by atoms with Gasteiger partial charge >= 0.3 is 0 Å². The number of sulfonamides is 1. The molecule has 0 saturated carbocycles. The molecule has 0 amide bonds. The highest BCUT2D eigenvalue weighted by molar-refractivity contribution is 7.89. The first-order valence-electron chi connectivity index (χ1n) is 6.11. The molecule has 1 fully saturated rings. The monoisotopic (exact) mass is 272 g/mol. The topological polar surface area (TPSA) is 81.2 Å². The van der Waals surface area contributed by atoms with E-state index in [9.17, 15) is 8.42 Å². The van der Waals surface area contributed by atoms with Gasteiger partial charge in [-0.1, -0.05) is 0 Å². The van der Waals surface area contributed by atoms with Crippen molar-refractivity contribution in [1.82, 2.24) is 14.1 Å². The van der Waals surface area contributed by atoms with Gasteiger partial charge in [0.15, 0.2) is 0 Å². The summed E-state index contributed by atoms with van der Waals surface area (Å²) in [7, 11) is -1.71. The Hall–Kier alpha value is -0.920. The van der Waals surface area contributed by atoms with Crippen LogP contribution in [0, 0.1) is 13.8 Å². The lowest BCUT2D eigenvalue weighted by Gasteiger charge is -2.22. The third-order valence-corrected chi connectivity index (χ3v) is 5.81. The Labute approximate surface area is 108 Å². The molecule has 1 aliphatic rings. The fourth-order valence-electron chi connectivity index (χ4n) is 2.61. The Balaban J connectivity index is 2.48. The van der Waals surface area contributed by atoms with Crippen LogP contribution < -0.4 is 5.73 Å². The largest absolute Gasteiger partial charge is 0.329 e. The molecule has 1 aliphatic heterocycles. The zero-order valence-electron chi connectivity index (χ0n) is 11.0. The summed E-state index contributed by atoms with van der Waals surface area (Å²) in [6.07, 6.45) is 1.72. The molecule has 0 aliphatic carbocycles. The third kappa shape index (κ3) is 1.96. The van der Waals surface area contributed by atoms with Crippen molar-refractivity contribution in [2.75, 3.05) is 13.1 Å². The standard InChI is InChI=1S/C11H20N4O2S/c1-8-11(9(2)14(3)13-8)18(16,17)15-6-4-5-10(15)7-12/h10H,4-7,12H2,1-3H3/t10-/m0/s1. The van der Waals surface area contributed by atoms with Crippen molar-refractivity contribution in [2.45, 2.75) is 37.6 Å². The van der Waals surface area contributed by atoms with Gasteiger partial charge in [0, 0.05) is 26.2 Å². The number of aryl methyl sites for hydroxylation is 2. The van der Waals surface area contributed by atoms with Crippen molar-refractivity contribution >= 4 is 10.0 Å². The second kappa shape index (κ2) is 4.64. The first kappa shape index (κ1) is 13.5. The van der Waals surface area contributed by atoms with Gasteiger partial charge in [-0.05, 0) is 26.7 Å². The molecule has 18 heavy (non-hydrogen) atoms. The van der Waals surface area contributed by atoms with E-state index in [2.05, 4.69) is 5.10 Å². The lowest BCUT2D eigenvalue weighted by Crippen LogP contribution is -2.40. The van der Waals surface area contributed by atoms with Crippen LogP contribution in [0.2, 0.25) is 0 Å². The Morgan fingerprint density at radius 1 is 1.44 bits per heavy atom. The summed E-state index contributed by atoms with van der Waals surface area (Å²) in [5, 5.41) is 4.18. The molecule has 1 saturated heterocycles. The van der Waals surface area contributed by atoms with Gasteiger partial charge < -0.3 is 5.73 Å². The predicted molar refractivity (Wildman–Crippen MR) is 68.7 cm³/mol. The van der Waals surface area contributed by atoms with Crippen molar-refractivity contribution in [3.8, 4) is 0 Å². The number of nitrogens with two attached hydrogens (primary N) is 1. The normalized spacial score (nSPS) is 21.7. The average molecular weight is 272 g/mol. The molecule has 0 spiro atoms. The van der Waals surface area contributed by atoms with E-state index in [0.717, 1.165) is 12.8 Å². The maximum absolute atomic E-state index is 12.7. The summed E-state index contributed by atoms with van der Waals surface area (Å²) in [5.74, 6) is 0. The van der Waals surface area contributed by atoms with E-state index in [0.29, 0.717) is 29.4 Å². The van der Waals surface area contributed by atoms with Crippen LogP contribution in [0.15, 0.2) is 4.90 Å². The van der Waals surface area contributed by atoms with Crippen molar-refractivity contribution < 1.29 is 8.42 Å². The molecule has 7 heteroatoms. The first-order valence-corrected chi connectivity index (χ1v) is 7.55. The Morgan fingerprint density at radius 3 is 2.61 bits per heavy atom. The van der Waals surface area contributed by atoms with E-state index in [1.165, 1.54) is 4.31 Å². The highest BCUT2D eigenvalue weighted by Crippen LogP contribution is 2.28. The highest BCUT2D eigenvalue weighted by atomic mass is 32.2. The summed E-state index contributed by atoms with van der Waals surface area (Å²) >= 11 is 0. The molecule has 0 radical (unpaired) electrons. The van der Waals surface area contributed by atoms with Gasteiger partial charge in [-0.15, -0.1) is 0 Å². The smallest absolute Gasteiger partial charge is 0.247 e. The molecular formula is C11H20N4O2S. The zero-order chi connectivity index (χ0) is 13.5. The maximum Gasteiger partial charge on any atom is 0.247 e. The third-order valence-electron chi connectivity index (χ3n) is 3.60. The van der Waals surface area contributed by atoms with Crippen molar-refractivity contribution in [1.29, 1.82) is 0 Å². The van der Waals surface area contributed by atoms with Crippen LogP contribution in [0.4, 0.5) is 0 Å². The summed E-state index contributed by atoms with van der Waals surface area (Å²) in [6, 6.07) is -0.0750. The maximum atomic E-state index is 12.7. The molecule has 2 N–H and O–H groups in total. The minimum absolute atomic E-state index is 0.0750. The van der Waals surface area contributed by atoms with Gasteiger partial charge in [0.1, 0.15) is 4.90 Å². The predicted octanol–water partition coefficient (Wildman–Crippen LogP) is 0.149. The average Bonchev–Trinajstić information content (AvgIpc) is 2.85. The number of hydrogen-bond donors (Lipinski definition) is 1. The van der Waals surface area contributed by atoms with E-state index >= 15 is 0 Å². The summed E-state index contributed by atoms with van der Waals surface area (Å²) < 4.78 is 28.5. The minimum atomic E-state index is -3.47. The van der Waals surface area contributed by atoms with Crippen molar-refractivity contribution in [2.24, 2.45) is 12.8 Å². The van der Waals surface area contributed by atoms with Crippen LogP contribution in [0.25, 0.3) is 0 Å². The lowest BCUT2D eigenvalue weighted by atomic mass is 10.2. The van der Waals surface area contributed by atoms with Gasteiger partial charge in [0.25, 0.3) is 0 Å². The summed E-state index contributed by atoms with van der Waals surface area (Å²) in [5.41, 5.74) is 6.88. The number of aromatic nitrogens is 2. The minimum Gasteiger partial charge on any atom is -0.329 e. The second-order valence-electron chi connectivity index (χ2n) is 4.77. The summed E-state index contributed by atoms with van der Waals surface area (Å²) in [6.45, 7) is 4.43. The van der Waals surface area contributed by atoms with Gasteiger partial charge in [0.05, 0.1) is 11.4 Å². The molecule has 2 heterocycles. The van der Waals surface area contributed by atoms with E-state index in [1.807, 2.05) is 0 Å². The SMILES string of the molecule is Cc1nn(C)c(C)c1S(=O)(=O)N1CCC[C@H]1CN. The Morgan fingerprint density at radius 2 is 2.11 bits per heavy atom. The highest BCUT2D eigenvalue weighted by Gasteiger charge is 2.37. The van der Waals surface area contributed by atoms with Crippen molar-refractivity contribution in [3.63, 3.8) is 0 Å². The molecule has 102 valence electrons. The number of rotatable bonds is 3. The Bertz CT molecular complexity index is 550. The van der Waals surface area contributed by atoms with Gasteiger partial charge in [0.2, 0.25) is 10.0 Å². The lowest BCUT2D eigenvalue weighted by molar-refractivity contribution is 0.392. The fraction of sp³-hybridized carbons (Fsp3) is 0.727. The van der Waals surface area contributed by atoms with Gasteiger partial charge in [-0.2, -0.15) is 9.40 Å². The number of hydrogen-bond acceptors (Lipinski definition) is 4. The summed E-state index contributed by atoms with van der Waals surface area (Å²) in [4.78, 5) is 0.338. The first-order chi connectivity index (χ1) is 8.39. The second-order valence-corrected chi connectivity index (χ2v) is 6.60. The quantitative estimate of drug-likeness (QED) is 0.849. The molecule has 2 rings (SSSR count). The van der Waals surface area contributed by atoms with Crippen LogP contribution in [0.1, 0.15) is 24.2 Å². The zero-order valence-corrected chi connectivity index (χ0v) is 11.9. The van der Waals surface area contributed by atoms with Crippen LogP contribution in [-0.4, -0.2) is 41.6 Å². The van der Waals surface area contributed by atoms with Crippen LogP contribution in [0.5, 0.6) is 0 Å². The van der Waals surface area contributed by atoms with E-state index in [4.69, 9.17) is 5.73 Å². The number of nitrogens with zero attached hydrogens (tertiary/aromatic N) is 3. The van der Waals surface area contributed by atoms with Crippen LogP contribution in [0.3, 0.4) is 0 Å². The Kier molecular flexibility index (Phi) is 3.48. The van der Waals surface area contributed by atoms with E-state index in [-0.39, 0.29) is 6.04 Å². The van der Waals surface area contributed by atoms with Gasteiger partial charge in [-0.25, -0.2) is 8.42 Å². The molecule has 0 bridgehead atoms. The molecule has 0 aromatic carbocycles. The molecule has 6 nitrogen and oxygen atoms in total. The van der Waals surface area contributed by atoms with Crippen molar-refractivity contribution in [3.05, 3.63) is 11.4 Å². The van der Waals surface area contributed by atoms with Crippen LogP contribution in [-0.2, 0) is 17.1 Å². The van der Waals surface area contributed by atoms with E-state index < -0.39 is 10.0 Å². The van der Waals surface area contributed by atoms with Crippen LogP contribution >= 0.6 is 0 Å². The molecule has 1 aromatic heterocycles. The molecule has 1 aromatic rings. The van der Waals surface area contributed by atoms with E-state index in [1.54, 1.807) is 25.6 Å². The van der Waals surface area contributed by atoms with Gasteiger partial charge in [-0.3, -0.25) is 4.68 Å². The molecule has 0 unspecified atom stereocenters. The molecule has 1 atom stereocenters. The fourth-order valence-corrected chi connectivity index (χ4v) is 4.71. The molecular weight excluding hydrogens is 252 g/mol.